The van der Waals surface area contributed by atoms with Gasteiger partial charge in [-0.2, -0.15) is 4.39 Å². The number of hydrogen-bond donors (Lipinski definition) is 0. The van der Waals surface area contributed by atoms with Crippen molar-refractivity contribution in [3.05, 3.63) is 70.1 Å². The second-order valence-electron chi connectivity index (χ2n) is 4.44. The van der Waals surface area contributed by atoms with Crippen molar-refractivity contribution < 1.29 is 8.81 Å². The Kier molecular flexibility index (Phi) is 2.67. The van der Waals surface area contributed by atoms with Crippen LogP contribution in [0.2, 0.25) is 0 Å². The molecule has 0 saturated heterocycles. The normalized spacial score (nSPS) is 10.8. The highest BCUT2D eigenvalue weighted by Crippen LogP contribution is 2.25. The molecule has 0 unspecified atom stereocenters. The van der Waals surface area contributed by atoms with Crippen LogP contribution in [0.15, 0.2) is 57.7 Å². The molecular formula is C16H11FO2. The fourth-order valence-corrected chi connectivity index (χ4v) is 2.06. The van der Waals surface area contributed by atoms with Gasteiger partial charge in [0.2, 0.25) is 11.2 Å². The van der Waals surface area contributed by atoms with Crippen molar-refractivity contribution in [2.45, 2.75) is 6.92 Å². The van der Waals surface area contributed by atoms with E-state index in [9.17, 15) is 9.18 Å². The number of rotatable bonds is 1. The van der Waals surface area contributed by atoms with E-state index < -0.39 is 11.2 Å². The Balaban J connectivity index is 2.37. The van der Waals surface area contributed by atoms with Gasteiger partial charge in [-0.05, 0) is 19.1 Å². The molecule has 0 amide bonds. The molecule has 0 bridgehead atoms. The van der Waals surface area contributed by atoms with Gasteiger partial charge in [0, 0.05) is 5.56 Å². The first-order valence-electron chi connectivity index (χ1n) is 5.95. The maximum atomic E-state index is 14.1. The molecule has 3 aromatic rings. The fourth-order valence-electron chi connectivity index (χ4n) is 2.06. The molecule has 1 heterocycles. The van der Waals surface area contributed by atoms with Crippen LogP contribution < -0.4 is 5.43 Å². The second kappa shape index (κ2) is 4.35. The van der Waals surface area contributed by atoms with Gasteiger partial charge in [0.25, 0.3) is 0 Å². The molecule has 94 valence electrons. The van der Waals surface area contributed by atoms with Crippen LogP contribution in [0, 0.1) is 12.7 Å². The third-order valence-electron chi connectivity index (χ3n) is 3.03. The van der Waals surface area contributed by atoms with E-state index in [0.717, 1.165) is 5.56 Å². The molecule has 2 aromatic carbocycles. The largest absolute Gasteiger partial charge is 0.453 e. The summed E-state index contributed by atoms with van der Waals surface area (Å²) in [6, 6.07) is 13.9. The molecule has 0 atom stereocenters. The summed E-state index contributed by atoms with van der Waals surface area (Å²) < 4.78 is 19.7. The molecule has 1 aromatic heterocycles. The van der Waals surface area contributed by atoms with Crippen molar-refractivity contribution in [1.29, 1.82) is 0 Å². The molecule has 0 aliphatic rings. The van der Waals surface area contributed by atoms with Crippen LogP contribution >= 0.6 is 0 Å². The van der Waals surface area contributed by atoms with Crippen LogP contribution in [0.5, 0.6) is 0 Å². The van der Waals surface area contributed by atoms with Gasteiger partial charge in [-0.1, -0.05) is 42.0 Å². The van der Waals surface area contributed by atoms with E-state index in [1.807, 2.05) is 19.1 Å². The number of fused-ring (bicyclic) bond motifs is 1. The quantitative estimate of drug-likeness (QED) is 0.659. The van der Waals surface area contributed by atoms with E-state index in [-0.39, 0.29) is 11.1 Å². The van der Waals surface area contributed by atoms with Gasteiger partial charge in [-0.15, -0.1) is 0 Å². The molecule has 3 heteroatoms. The SMILES string of the molecule is Cc1ccc2oc(-c3ccccc3)c(F)c(=O)c2c1. The Bertz CT molecular complexity index is 804. The van der Waals surface area contributed by atoms with Gasteiger partial charge in [0.05, 0.1) is 5.39 Å². The maximum absolute atomic E-state index is 14.1. The summed E-state index contributed by atoms with van der Waals surface area (Å²) in [5.74, 6) is -0.855. The molecule has 0 aliphatic heterocycles. The van der Waals surface area contributed by atoms with E-state index in [0.29, 0.717) is 11.1 Å². The van der Waals surface area contributed by atoms with E-state index in [1.54, 1.807) is 36.4 Å². The molecule has 0 fully saturated rings. The molecule has 0 aliphatic carbocycles. The molecule has 0 spiro atoms. The first-order valence-corrected chi connectivity index (χ1v) is 5.95. The molecule has 0 N–H and O–H groups in total. The van der Waals surface area contributed by atoms with Crippen LogP contribution in [0.25, 0.3) is 22.3 Å². The Morgan fingerprint density at radius 1 is 1.05 bits per heavy atom. The van der Waals surface area contributed by atoms with Crippen molar-refractivity contribution in [3.8, 4) is 11.3 Å². The van der Waals surface area contributed by atoms with Gasteiger partial charge < -0.3 is 4.42 Å². The molecule has 0 radical (unpaired) electrons. The smallest absolute Gasteiger partial charge is 0.229 e. The highest BCUT2D eigenvalue weighted by atomic mass is 19.1. The minimum Gasteiger partial charge on any atom is -0.453 e. The van der Waals surface area contributed by atoms with Crippen molar-refractivity contribution >= 4 is 11.0 Å². The first kappa shape index (κ1) is 11.7. The number of halogens is 1. The summed E-state index contributed by atoms with van der Waals surface area (Å²) in [5, 5.41) is 0.275. The lowest BCUT2D eigenvalue weighted by Gasteiger charge is -2.05. The standard InChI is InChI=1S/C16H11FO2/c1-10-7-8-13-12(9-10)15(18)14(17)16(19-13)11-5-3-2-4-6-11/h2-9H,1H3. The van der Waals surface area contributed by atoms with Gasteiger partial charge in [0.1, 0.15) is 5.58 Å². The highest BCUT2D eigenvalue weighted by Gasteiger charge is 2.15. The van der Waals surface area contributed by atoms with Crippen LogP contribution in [0.1, 0.15) is 5.56 Å². The molecule has 2 nitrogen and oxygen atoms in total. The summed E-state index contributed by atoms with van der Waals surface area (Å²) in [4.78, 5) is 12.0. The lowest BCUT2D eigenvalue weighted by molar-refractivity contribution is 0.535. The van der Waals surface area contributed by atoms with Crippen LogP contribution in [0.4, 0.5) is 4.39 Å². The van der Waals surface area contributed by atoms with E-state index >= 15 is 0 Å². The van der Waals surface area contributed by atoms with Crippen LogP contribution in [-0.2, 0) is 0 Å². The predicted octanol–water partition coefficient (Wildman–Crippen LogP) is 3.91. The zero-order valence-corrected chi connectivity index (χ0v) is 10.3. The average molecular weight is 254 g/mol. The van der Waals surface area contributed by atoms with Crippen molar-refractivity contribution in [2.75, 3.05) is 0 Å². The average Bonchev–Trinajstić information content (AvgIpc) is 2.44. The number of hydrogen-bond acceptors (Lipinski definition) is 2. The third-order valence-corrected chi connectivity index (χ3v) is 3.03. The van der Waals surface area contributed by atoms with E-state index in [2.05, 4.69) is 0 Å². The molecule has 0 saturated carbocycles. The molecule has 3 rings (SSSR count). The molecular weight excluding hydrogens is 243 g/mol. The Morgan fingerprint density at radius 2 is 1.79 bits per heavy atom. The van der Waals surface area contributed by atoms with Gasteiger partial charge in [-0.3, -0.25) is 4.79 Å². The van der Waals surface area contributed by atoms with Crippen molar-refractivity contribution in [2.24, 2.45) is 0 Å². The Morgan fingerprint density at radius 3 is 2.53 bits per heavy atom. The minimum absolute atomic E-state index is 0.0121. The summed E-state index contributed by atoms with van der Waals surface area (Å²) >= 11 is 0. The summed E-state index contributed by atoms with van der Waals surface area (Å²) in [5.41, 5.74) is 1.23. The van der Waals surface area contributed by atoms with Crippen LogP contribution in [-0.4, -0.2) is 0 Å². The minimum atomic E-state index is -0.843. The van der Waals surface area contributed by atoms with Gasteiger partial charge >= 0.3 is 0 Å². The monoisotopic (exact) mass is 254 g/mol. The predicted molar refractivity (Wildman–Crippen MR) is 72.6 cm³/mol. The first-order chi connectivity index (χ1) is 9.16. The van der Waals surface area contributed by atoms with Crippen LogP contribution in [0.3, 0.4) is 0 Å². The van der Waals surface area contributed by atoms with Crippen molar-refractivity contribution in [1.82, 2.24) is 0 Å². The second-order valence-corrected chi connectivity index (χ2v) is 4.44. The summed E-state index contributed by atoms with van der Waals surface area (Å²) in [7, 11) is 0. The maximum Gasteiger partial charge on any atom is 0.229 e. The summed E-state index contributed by atoms with van der Waals surface area (Å²) in [6.45, 7) is 1.85. The fraction of sp³-hybridized carbons (Fsp3) is 0.0625. The topological polar surface area (TPSA) is 30.2 Å². The Hall–Kier alpha value is -2.42. The summed E-state index contributed by atoms with van der Waals surface area (Å²) in [6.07, 6.45) is 0. The van der Waals surface area contributed by atoms with Crippen molar-refractivity contribution in [3.63, 3.8) is 0 Å². The van der Waals surface area contributed by atoms with E-state index in [4.69, 9.17) is 4.42 Å². The molecule has 19 heavy (non-hydrogen) atoms. The number of aryl methyl sites for hydroxylation is 1. The lowest BCUT2D eigenvalue weighted by Crippen LogP contribution is -2.08. The zero-order valence-electron chi connectivity index (χ0n) is 10.3. The van der Waals surface area contributed by atoms with Gasteiger partial charge in [-0.25, -0.2) is 0 Å². The highest BCUT2D eigenvalue weighted by molar-refractivity contribution is 5.79. The lowest BCUT2D eigenvalue weighted by atomic mass is 10.1. The number of benzene rings is 2. The zero-order chi connectivity index (χ0) is 13.4. The third kappa shape index (κ3) is 1.93. The van der Waals surface area contributed by atoms with E-state index in [1.165, 1.54) is 0 Å². The Labute approximate surface area is 109 Å². The van der Waals surface area contributed by atoms with Gasteiger partial charge in [0.15, 0.2) is 5.76 Å².